The van der Waals surface area contributed by atoms with Gasteiger partial charge in [0.05, 0.1) is 7.05 Å². The number of nitrogens with zero attached hydrogens (tertiary/aromatic N) is 1. The molecule has 1 heterocycles. The molecule has 1 aliphatic heterocycles. The van der Waals surface area contributed by atoms with Crippen LogP contribution in [0.3, 0.4) is 0 Å². The molecule has 1 aliphatic rings. The second-order valence-electron chi connectivity index (χ2n) is 2.58. The summed E-state index contributed by atoms with van der Waals surface area (Å²) in [7, 11) is 2.01. The number of thiocarbonyl (C=S) groups is 2. The minimum atomic E-state index is 0.778. The third-order valence-corrected chi connectivity index (χ3v) is 2.49. The molecule has 0 fully saturated rings. The van der Waals surface area contributed by atoms with Crippen LogP contribution in [0.5, 0.6) is 0 Å². The summed E-state index contributed by atoms with van der Waals surface area (Å²) in [6.45, 7) is 3.84. The zero-order valence-corrected chi connectivity index (χ0v) is 8.31. The van der Waals surface area contributed by atoms with Crippen molar-refractivity contribution >= 4 is 40.0 Å². The number of rotatable bonds is 2. The highest BCUT2D eigenvalue weighted by atomic mass is 32.1. The van der Waals surface area contributed by atoms with Crippen LogP contribution in [0, 0.1) is 0 Å². The molecule has 0 atom stereocenters. The molecule has 0 radical (unpaired) electrons. The summed E-state index contributed by atoms with van der Waals surface area (Å²) in [6, 6.07) is 0. The molecular weight excluding hydrogens is 176 g/mol. The highest BCUT2D eigenvalue weighted by Gasteiger charge is 2.22. The monoisotopic (exact) mass is 187 g/mol. The average Bonchev–Trinajstić information content (AvgIpc) is 2.33. The fraction of sp³-hybridized carbons (Fsp3) is 0.571. The molecule has 0 spiro atoms. The van der Waals surface area contributed by atoms with Crippen molar-refractivity contribution in [1.82, 2.24) is 5.32 Å². The number of hydrogen-bond donors (Lipinski definition) is 1. The van der Waals surface area contributed by atoms with Gasteiger partial charge in [0.25, 0.3) is 5.84 Å². The predicted molar refractivity (Wildman–Crippen MR) is 54.9 cm³/mol. The molecule has 0 saturated carbocycles. The molecule has 0 bridgehead atoms. The predicted octanol–water partition coefficient (Wildman–Crippen LogP) is 0.390. The topological polar surface area (TPSA) is 15.0 Å². The summed E-state index contributed by atoms with van der Waals surface area (Å²) in [6.07, 6.45) is 0. The van der Waals surface area contributed by atoms with Gasteiger partial charge in [-0.25, -0.2) is 0 Å². The molecule has 0 aromatic heterocycles. The van der Waals surface area contributed by atoms with Gasteiger partial charge in [0.1, 0.15) is 18.0 Å². The van der Waals surface area contributed by atoms with E-state index in [1.807, 2.05) is 14.0 Å². The Morgan fingerprint density at radius 2 is 2.18 bits per heavy atom. The first-order valence-electron chi connectivity index (χ1n) is 3.50. The highest BCUT2D eigenvalue weighted by Crippen LogP contribution is 1.91. The molecule has 0 aromatic carbocycles. The molecule has 0 aromatic rings. The lowest BCUT2D eigenvalue weighted by molar-refractivity contribution is -0.484. The van der Waals surface area contributed by atoms with Gasteiger partial charge in [-0.3, -0.25) is 9.89 Å². The Labute approximate surface area is 77.3 Å². The molecule has 11 heavy (non-hydrogen) atoms. The lowest BCUT2D eigenvalue weighted by Crippen LogP contribution is -2.32. The fourth-order valence-corrected chi connectivity index (χ4v) is 1.33. The van der Waals surface area contributed by atoms with Crippen molar-refractivity contribution in [3.05, 3.63) is 0 Å². The smallest absolute Gasteiger partial charge is 0.269 e. The zero-order valence-electron chi connectivity index (χ0n) is 6.68. The van der Waals surface area contributed by atoms with Crippen LogP contribution in [0.4, 0.5) is 0 Å². The van der Waals surface area contributed by atoms with E-state index in [0.717, 1.165) is 28.7 Å². The maximum atomic E-state index is 5.13. The summed E-state index contributed by atoms with van der Waals surface area (Å²) >= 11 is 10.1. The highest BCUT2D eigenvalue weighted by molar-refractivity contribution is 7.90. The number of likely N-dealkylation sites (N-methyl/N-ethyl adjacent to an activating group) is 1. The van der Waals surface area contributed by atoms with Crippen molar-refractivity contribution in [2.24, 2.45) is 0 Å². The fourth-order valence-electron chi connectivity index (χ4n) is 1.01. The standard InChI is InChI=1S/C7H10N2S2/c1-5(10)6(11)7-8-3-4-9(7)2/h3-4H2,1-2H3/p+1. The second-order valence-corrected chi connectivity index (χ2v) is 3.60. The first-order valence-corrected chi connectivity index (χ1v) is 4.32. The molecule has 4 heteroatoms. The summed E-state index contributed by atoms with van der Waals surface area (Å²) in [5, 5.41) is 3.20. The average molecular weight is 187 g/mol. The van der Waals surface area contributed by atoms with Crippen molar-refractivity contribution in [1.29, 1.82) is 0 Å². The van der Waals surface area contributed by atoms with Crippen LogP contribution >= 0.6 is 24.4 Å². The van der Waals surface area contributed by atoms with Crippen LogP contribution in [-0.4, -0.2) is 40.3 Å². The van der Waals surface area contributed by atoms with Crippen molar-refractivity contribution in [2.75, 3.05) is 20.1 Å². The van der Waals surface area contributed by atoms with Crippen LogP contribution in [0.2, 0.25) is 0 Å². The van der Waals surface area contributed by atoms with Crippen LogP contribution in [0.1, 0.15) is 6.92 Å². The maximum absolute atomic E-state index is 5.13. The van der Waals surface area contributed by atoms with Crippen LogP contribution in [0.25, 0.3) is 0 Å². The summed E-state index contributed by atoms with van der Waals surface area (Å²) in [4.78, 5) is 1.57. The summed E-state index contributed by atoms with van der Waals surface area (Å²) in [5.41, 5.74) is 0. The Bertz CT molecular complexity index is 243. The Kier molecular flexibility index (Phi) is 2.67. The molecule has 0 aliphatic carbocycles. The van der Waals surface area contributed by atoms with Crippen molar-refractivity contribution in [3.63, 3.8) is 0 Å². The zero-order chi connectivity index (χ0) is 8.43. The van der Waals surface area contributed by atoms with Gasteiger partial charge in [0.15, 0.2) is 0 Å². The Hall–Kier alpha value is -0.350. The van der Waals surface area contributed by atoms with Crippen molar-refractivity contribution in [2.45, 2.75) is 6.92 Å². The molecule has 0 amide bonds. The van der Waals surface area contributed by atoms with E-state index in [-0.39, 0.29) is 0 Å². The van der Waals surface area contributed by atoms with Gasteiger partial charge in [0.2, 0.25) is 0 Å². The van der Waals surface area contributed by atoms with Crippen LogP contribution in [-0.2, 0) is 0 Å². The Balaban J connectivity index is 2.82. The lowest BCUT2D eigenvalue weighted by atomic mass is 10.3. The van der Waals surface area contributed by atoms with E-state index < -0.39 is 0 Å². The summed E-state index contributed by atoms with van der Waals surface area (Å²) < 4.78 is 2.10. The van der Waals surface area contributed by atoms with Crippen molar-refractivity contribution in [3.8, 4) is 0 Å². The third-order valence-electron chi connectivity index (χ3n) is 1.66. The molecule has 0 saturated heterocycles. The lowest BCUT2D eigenvalue weighted by Gasteiger charge is -1.97. The van der Waals surface area contributed by atoms with E-state index in [1.165, 1.54) is 0 Å². The number of hydrogen-bond acceptors (Lipinski definition) is 3. The van der Waals surface area contributed by atoms with Crippen LogP contribution < -0.4 is 5.32 Å². The maximum Gasteiger partial charge on any atom is 0.289 e. The molecule has 2 nitrogen and oxygen atoms in total. The largest absolute Gasteiger partial charge is 0.289 e. The van der Waals surface area contributed by atoms with E-state index >= 15 is 0 Å². The SMILES string of the molecule is CC(=S)C(=S)C1=[N+](C)CCN1. The van der Waals surface area contributed by atoms with Crippen LogP contribution in [0.15, 0.2) is 0 Å². The molecule has 1 rings (SSSR count). The summed E-state index contributed by atoms with van der Waals surface area (Å²) in [5.74, 6) is 1.01. The van der Waals surface area contributed by atoms with E-state index in [2.05, 4.69) is 9.89 Å². The first kappa shape index (κ1) is 8.74. The third kappa shape index (κ3) is 1.81. The van der Waals surface area contributed by atoms with Gasteiger partial charge in [-0.05, 0) is 6.92 Å². The molecule has 60 valence electrons. The Morgan fingerprint density at radius 1 is 1.55 bits per heavy atom. The Morgan fingerprint density at radius 3 is 2.55 bits per heavy atom. The van der Waals surface area contributed by atoms with Crippen molar-refractivity contribution < 1.29 is 4.58 Å². The molecule has 0 unspecified atom stereocenters. The van der Waals surface area contributed by atoms with Gasteiger partial charge in [0, 0.05) is 4.86 Å². The first-order chi connectivity index (χ1) is 5.13. The number of nitrogens with one attached hydrogen (secondary N) is 1. The quantitative estimate of drug-likeness (QED) is 0.497. The minimum absolute atomic E-state index is 0.778. The van der Waals surface area contributed by atoms with E-state index in [4.69, 9.17) is 24.4 Å². The second kappa shape index (κ2) is 3.36. The number of amidine groups is 1. The van der Waals surface area contributed by atoms with Gasteiger partial charge >= 0.3 is 0 Å². The normalized spacial score (nSPS) is 16.5. The van der Waals surface area contributed by atoms with Gasteiger partial charge in [-0.15, -0.1) is 0 Å². The van der Waals surface area contributed by atoms with E-state index in [1.54, 1.807) is 0 Å². The van der Waals surface area contributed by atoms with Gasteiger partial charge < -0.3 is 0 Å². The molecule has 1 N–H and O–H groups in total. The van der Waals surface area contributed by atoms with Gasteiger partial charge in [-0.1, -0.05) is 24.4 Å². The molecular formula is C7H11N2S2+. The van der Waals surface area contributed by atoms with Gasteiger partial charge in [-0.2, -0.15) is 0 Å². The van der Waals surface area contributed by atoms with E-state index in [0.29, 0.717) is 0 Å². The van der Waals surface area contributed by atoms with E-state index in [9.17, 15) is 0 Å². The minimum Gasteiger partial charge on any atom is -0.269 e.